The second-order valence-corrected chi connectivity index (χ2v) is 6.22. The third-order valence-corrected chi connectivity index (χ3v) is 4.88. The van der Waals surface area contributed by atoms with Gasteiger partial charge in [0.25, 0.3) is 5.91 Å². The molecule has 2 heterocycles. The van der Waals surface area contributed by atoms with Crippen molar-refractivity contribution < 1.29 is 9.18 Å². The first kappa shape index (κ1) is 13.5. The molecule has 0 atom stereocenters. The van der Waals surface area contributed by atoms with Gasteiger partial charge in [0.15, 0.2) is 5.43 Å². The molecule has 1 aliphatic carbocycles. The Hall–Kier alpha value is -2.17. The van der Waals surface area contributed by atoms with E-state index in [0.29, 0.717) is 28.7 Å². The molecule has 0 unspecified atom stereocenters. The van der Waals surface area contributed by atoms with Gasteiger partial charge in [0, 0.05) is 17.0 Å². The van der Waals surface area contributed by atoms with Crippen LogP contribution in [0.1, 0.15) is 48.2 Å². The molecule has 4 rings (SSSR count). The molecule has 1 aromatic heterocycles. The molecule has 1 amide bonds. The van der Waals surface area contributed by atoms with E-state index in [2.05, 4.69) is 4.98 Å². The lowest BCUT2D eigenvalue weighted by Crippen LogP contribution is -2.37. The zero-order valence-corrected chi connectivity index (χ0v) is 12.2. The molecule has 0 radical (unpaired) electrons. The second kappa shape index (κ2) is 4.93. The number of hydrogen-bond acceptors (Lipinski definition) is 2. The summed E-state index contributed by atoms with van der Waals surface area (Å²) in [7, 11) is 0. The number of nitrogens with zero attached hydrogens (tertiary/aromatic N) is 1. The lowest BCUT2D eigenvalue weighted by molar-refractivity contribution is 0.0656. The van der Waals surface area contributed by atoms with Gasteiger partial charge in [-0.05, 0) is 31.0 Å². The van der Waals surface area contributed by atoms with E-state index >= 15 is 0 Å². The third-order valence-electron chi connectivity index (χ3n) is 4.88. The Morgan fingerprint density at radius 1 is 1.14 bits per heavy atom. The number of pyridine rings is 1. The predicted octanol–water partition coefficient (Wildman–Crippen LogP) is 2.96. The van der Waals surface area contributed by atoms with Crippen LogP contribution in [0.25, 0.3) is 10.9 Å². The zero-order chi connectivity index (χ0) is 15.3. The van der Waals surface area contributed by atoms with Crippen molar-refractivity contribution in [2.75, 3.05) is 0 Å². The predicted molar refractivity (Wildman–Crippen MR) is 81.3 cm³/mol. The largest absolute Gasteiger partial charge is 0.350 e. The Morgan fingerprint density at radius 2 is 1.91 bits per heavy atom. The normalized spacial score (nSPS) is 19.0. The standard InChI is InChI=1S/C17H17FN2O2/c18-10-6-7-14-12(8-10)16(21)13-9-20(17(22)15(13)19-14)11-4-2-1-3-5-11/h6-8,11H,1-5,9H2,(H,19,21). The molecule has 2 aromatic rings. The molecule has 2 aliphatic rings. The molecule has 5 heteroatoms. The van der Waals surface area contributed by atoms with E-state index in [9.17, 15) is 14.0 Å². The maximum absolute atomic E-state index is 13.4. The van der Waals surface area contributed by atoms with E-state index in [-0.39, 0.29) is 17.4 Å². The van der Waals surface area contributed by atoms with Crippen LogP contribution >= 0.6 is 0 Å². The lowest BCUT2D eigenvalue weighted by Gasteiger charge is -2.30. The molecular formula is C17H17FN2O2. The Bertz CT molecular complexity index is 821. The minimum absolute atomic E-state index is 0.0924. The highest BCUT2D eigenvalue weighted by Crippen LogP contribution is 2.29. The number of nitrogens with one attached hydrogen (secondary N) is 1. The van der Waals surface area contributed by atoms with Crippen molar-refractivity contribution in [3.8, 4) is 0 Å². The van der Waals surface area contributed by atoms with E-state index < -0.39 is 5.82 Å². The summed E-state index contributed by atoms with van der Waals surface area (Å²) in [4.78, 5) is 30.1. The summed E-state index contributed by atoms with van der Waals surface area (Å²) in [6, 6.07) is 4.27. The van der Waals surface area contributed by atoms with E-state index in [1.807, 2.05) is 4.90 Å². The molecule has 0 saturated heterocycles. The van der Waals surface area contributed by atoms with Gasteiger partial charge in [0.1, 0.15) is 11.5 Å². The van der Waals surface area contributed by atoms with Gasteiger partial charge in [-0.1, -0.05) is 19.3 Å². The minimum atomic E-state index is -0.439. The van der Waals surface area contributed by atoms with Gasteiger partial charge in [-0.3, -0.25) is 9.59 Å². The Labute approximate surface area is 126 Å². The van der Waals surface area contributed by atoms with Gasteiger partial charge in [-0.15, -0.1) is 0 Å². The fraction of sp³-hybridized carbons (Fsp3) is 0.412. The van der Waals surface area contributed by atoms with Crippen LogP contribution in [0.5, 0.6) is 0 Å². The summed E-state index contributed by atoms with van der Waals surface area (Å²) in [5.74, 6) is -0.531. The summed E-state index contributed by atoms with van der Waals surface area (Å²) in [6.07, 6.45) is 5.48. The van der Waals surface area contributed by atoms with E-state index in [1.165, 1.54) is 24.6 Å². The first-order chi connectivity index (χ1) is 10.6. The Balaban J connectivity index is 1.81. The monoisotopic (exact) mass is 300 g/mol. The molecule has 4 nitrogen and oxygen atoms in total. The van der Waals surface area contributed by atoms with Crippen LogP contribution < -0.4 is 5.43 Å². The number of benzene rings is 1. The number of hydrogen-bond donors (Lipinski definition) is 1. The molecule has 1 aromatic carbocycles. The number of halogens is 1. The molecule has 1 fully saturated rings. The van der Waals surface area contributed by atoms with Crippen LogP contribution in [0.15, 0.2) is 23.0 Å². The third kappa shape index (κ3) is 1.95. The first-order valence-corrected chi connectivity index (χ1v) is 7.80. The topological polar surface area (TPSA) is 53.2 Å². The van der Waals surface area contributed by atoms with Gasteiger partial charge < -0.3 is 9.88 Å². The average molecular weight is 300 g/mol. The quantitative estimate of drug-likeness (QED) is 0.880. The molecule has 0 spiro atoms. The van der Waals surface area contributed by atoms with Crippen molar-refractivity contribution in [2.45, 2.75) is 44.7 Å². The van der Waals surface area contributed by atoms with E-state index in [4.69, 9.17) is 0 Å². The second-order valence-electron chi connectivity index (χ2n) is 6.22. The lowest BCUT2D eigenvalue weighted by atomic mass is 9.94. The molecule has 22 heavy (non-hydrogen) atoms. The number of aromatic nitrogens is 1. The molecule has 1 N–H and O–H groups in total. The van der Waals surface area contributed by atoms with Crippen molar-refractivity contribution in [3.05, 3.63) is 45.5 Å². The Morgan fingerprint density at radius 3 is 2.68 bits per heavy atom. The Kier molecular flexibility index (Phi) is 3.03. The summed E-state index contributed by atoms with van der Waals surface area (Å²) in [5.41, 5.74) is 1.15. The summed E-state index contributed by atoms with van der Waals surface area (Å²) in [5, 5.41) is 0.317. The van der Waals surface area contributed by atoms with Gasteiger partial charge in [-0.2, -0.15) is 0 Å². The minimum Gasteiger partial charge on any atom is -0.350 e. The highest BCUT2D eigenvalue weighted by Gasteiger charge is 2.35. The molecule has 1 saturated carbocycles. The summed E-state index contributed by atoms with van der Waals surface area (Å²) in [6.45, 7) is 0.348. The van der Waals surface area contributed by atoms with Crippen LogP contribution in [0.3, 0.4) is 0 Å². The zero-order valence-electron chi connectivity index (χ0n) is 12.2. The maximum Gasteiger partial charge on any atom is 0.271 e. The number of aromatic amines is 1. The first-order valence-electron chi connectivity index (χ1n) is 7.80. The van der Waals surface area contributed by atoms with E-state index in [0.717, 1.165) is 25.7 Å². The molecular weight excluding hydrogens is 283 g/mol. The van der Waals surface area contributed by atoms with Crippen LogP contribution in [0.2, 0.25) is 0 Å². The van der Waals surface area contributed by atoms with Crippen molar-refractivity contribution in [1.29, 1.82) is 0 Å². The van der Waals surface area contributed by atoms with Crippen LogP contribution in [0.4, 0.5) is 4.39 Å². The van der Waals surface area contributed by atoms with Crippen LogP contribution in [-0.2, 0) is 6.54 Å². The molecule has 114 valence electrons. The van der Waals surface area contributed by atoms with Gasteiger partial charge in [0.05, 0.1) is 12.1 Å². The van der Waals surface area contributed by atoms with Gasteiger partial charge in [-0.25, -0.2) is 4.39 Å². The highest BCUT2D eigenvalue weighted by atomic mass is 19.1. The summed E-state index contributed by atoms with van der Waals surface area (Å²) >= 11 is 0. The van der Waals surface area contributed by atoms with Crippen LogP contribution in [-0.4, -0.2) is 21.8 Å². The maximum atomic E-state index is 13.4. The van der Waals surface area contributed by atoms with E-state index in [1.54, 1.807) is 0 Å². The number of rotatable bonds is 1. The number of carbonyl (C=O) groups is 1. The van der Waals surface area contributed by atoms with Crippen molar-refractivity contribution in [1.82, 2.24) is 9.88 Å². The van der Waals surface area contributed by atoms with Gasteiger partial charge in [0.2, 0.25) is 0 Å². The number of fused-ring (bicyclic) bond motifs is 2. The SMILES string of the molecule is O=C1c2[nH]c3ccc(F)cc3c(=O)c2CN1C1CCCCC1. The smallest absolute Gasteiger partial charge is 0.271 e. The molecule has 0 bridgehead atoms. The summed E-state index contributed by atoms with van der Waals surface area (Å²) < 4.78 is 13.4. The van der Waals surface area contributed by atoms with Crippen molar-refractivity contribution in [2.24, 2.45) is 0 Å². The van der Waals surface area contributed by atoms with Crippen molar-refractivity contribution in [3.63, 3.8) is 0 Å². The number of H-pyrrole nitrogens is 1. The highest BCUT2D eigenvalue weighted by molar-refractivity contribution is 5.99. The molecule has 1 aliphatic heterocycles. The van der Waals surface area contributed by atoms with Crippen LogP contribution in [0, 0.1) is 5.82 Å². The number of amides is 1. The fourth-order valence-corrected chi connectivity index (χ4v) is 3.71. The van der Waals surface area contributed by atoms with Gasteiger partial charge >= 0.3 is 0 Å². The average Bonchev–Trinajstić information content (AvgIpc) is 2.87. The fourth-order valence-electron chi connectivity index (χ4n) is 3.71. The van der Waals surface area contributed by atoms with Crippen molar-refractivity contribution >= 4 is 16.8 Å². The number of carbonyl (C=O) groups excluding carboxylic acids is 1.